The molecule has 0 aromatic carbocycles. The zero-order valence-electron chi connectivity index (χ0n) is 6.88. The van der Waals surface area contributed by atoms with Crippen molar-refractivity contribution in [3.05, 3.63) is 10.4 Å². The Balaban J connectivity index is 2.39. The molecule has 13 heavy (non-hydrogen) atoms. The van der Waals surface area contributed by atoms with Crippen molar-refractivity contribution in [3.63, 3.8) is 0 Å². The summed E-state index contributed by atoms with van der Waals surface area (Å²) in [6.45, 7) is 0.0826. The molecule has 0 bridgehead atoms. The van der Waals surface area contributed by atoms with E-state index >= 15 is 0 Å². The van der Waals surface area contributed by atoms with Gasteiger partial charge in [0.15, 0.2) is 0 Å². The largest absolute Gasteiger partial charge is 0.444 e. The highest BCUT2D eigenvalue weighted by atomic mass is 16.6. The minimum absolute atomic E-state index is 0.174. The number of aliphatic hydroxyl groups is 1. The summed E-state index contributed by atoms with van der Waals surface area (Å²) in [4.78, 5) is 13.3. The van der Waals surface area contributed by atoms with E-state index in [2.05, 4.69) is 15.3 Å². The smallest absolute Gasteiger partial charge is 0.407 e. The number of ether oxygens (including phenoxy) is 1. The third-order valence-electron chi connectivity index (χ3n) is 1.78. The Kier molecular flexibility index (Phi) is 3.36. The Morgan fingerprint density at radius 2 is 2.54 bits per heavy atom. The van der Waals surface area contributed by atoms with Crippen molar-refractivity contribution in [3.8, 4) is 0 Å². The van der Waals surface area contributed by atoms with Gasteiger partial charge in [-0.3, -0.25) is 0 Å². The molecule has 0 spiro atoms. The zero-order chi connectivity index (χ0) is 9.68. The van der Waals surface area contributed by atoms with Crippen LogP contribution in [0.2, 0.25) is 0 Å². The second-order valence-corrected chi connectivity index (χ2v) is 2.62. The first kappa shape index (κ1) is 9.63. The van der Waals surface area contributed by atoms with E-state index in [1.54, 1.807) is 0 Å². The van der Waals surface area contributed by atoms with Gasteiger partial charge >= 0.3 is 6.09 Å². The van der Waals surface area contributed by atoms with Crippen LogP contribution in [0.15, 0.2) is 5.11 Å². The fourth-order valence-electron chi connectivity index (χ4n) is 1.15. The van der Waals surface area contributed by atoms with Crippen LogP contribution in [0.1, 0.15) is 6.42 Å². The molecule has 72 valence electrons. The minimum Gasteiger partial charge on any atom is -0.444 e. The third-order valence-corrected chi connectivity index (χ3v) is 1.78. The van der Waals surface area contributed by atoms with E-state index in [9.17, 15) is 4.79 Å². The predicted octanol–water partition coefficient (Wildman–Crippen LogP) is 0.156. The van der Waals surface area contributed by atoms with Gasteiger partial charge in [0.05, 0.1) is 12.6 Å². The molecule has 1 amide bonds. The van der Waals surface area contributed by atoms with Crippen molar-refractivity contribution in [1.29, 1.82) is 0 Å². The Hall–Kier alpha value is -1.46. The Morgan fingerprint density at radius 1 is 1.77 bits per heavy atom. The summed E-state index contributed by atoms with van der Waals surface area (Å²) < 4.78 is 4.82. The normalized spacial score (nSPS) is 26.1. The maximum atomic E-state index is 10.7. The van der Waals surface area contributed by atoms with Crippen molar-refractivity contribution < 1.29 is 14.6 Å². The number of alkyl carbamates (subject to hydrolysis) is 1. The van der Waals surface area contributed by atoms with Gasteiger partial charge in [0, 0.05) is 11.5 Å². The van der Waals surface area contributed by atoms with E-state index in [-0.39, 0.29) is 19.2 Å². The van der Waals surface area contributed by atoms with Crippen LogP contribution in [0.5, 0.6) is 0 Å². The Bertz CT molecular complexity index is 238. The highest BCUT2D eigenvalue weighted by Crippen LogP contribution is 2.11. The molecular weight excluding hydrogens is 176 g/mol. The summed E-state index contributed by atoms with van der Waals surface area (Å²) >= 11 is 0. The number of carbonyl (C=O) groups excluding carboxylic acids is 1. The molecule has 2 atom stereocenters. The standard InChI is InChI=1S/C6H10N4O3/c7-10-8-2-1-5-4(3-11)9-6(12)13-5/h4-5,11H,1-3H2,(H,9,12)/t4-,5-/m1/s1. The average molecular weight is 186 g/mol. The first-order valence-corrected chi connectivity index (χ1v) is 3.86. The monoisotopic (exact) mass is 186 g/mol. The highest BCUT2D eigenvalue weighted by Gasteiger charge is 2.32. The Morgan fingerprint density at radius 3 is 3.15 bits per heavy atom. The van der Waals surface area contributed by atoms with Gasteiger partial charge in [-0.15, -0.1) is 0 Å². The SMILES string of the molecule is [N-]=[N+]=NCC[C@H]1OC(=O)N[C@@H]1CO. The van der Waals surface area contributed by atoms with Crippen molar-refractivity contribution in [2.24, 2.45) is 5.11 Å². The van der Waals surface area contributed by atoms with Crippen molar-refractivity contribution in [1.82, 2.24) is 5.32 Å². The predicted molar refractivity (Wildman–Crippen MR) is 42.9 cm³/mol. The van der Waals surface area contributed by atoms with Gasteiger partial charge in [0.25, 0.3) is 0 Å². The fraction of sp³-hybridized carbons (Fsp3) is 0.833. The summed E-state index contributed by atoms with van der Waals surface area (Å²) in [7, 11) is 0. The van der Waals surface area contributed by atoms with Gasteiger partial charge in [-0.1, -0.05) is 5.11 Å². The number of hydrogen-bond acceptors (Lipinski definition) is 4. The van der Waals surface area contributed by atoms with Crippen molar-refractivity contribution in [2.45, 2.75) is 18.6 Å². The van der Waals surface area contributed by atoms with E-state index in [0.29, 0.717) is 6.42 Å². The fourth-order valence-corrected chi connectivity index (χ4v) is 1.15. The van der Waals surface area contributed by atoms with Crippen LogP contribution < -0.4 is 5.32 Å². The van der Waals surface area contributed by atoms with E-state index in [1.165, 1.54) is 0 Å². The third kappa shape index (κ3) is 2.50. The number of cyclic esters (lactones) is 1. The molecule has 0 unspecified atom stereocenters. The van der Waals surface area contributed by atoms with Crippen LogP contribution >= 0.6 is 0 Å². The summed E-state index contributed by atoms with van der Waals surface area (Å²) in [5, 5.41) is 14.6. The lowest BCUT2D eigenvalue weighted by molar-refractivity contribution is 0.114. The maximum absolute atomic E-state index is 10.7. The number of carbonyl (C=O) groups is 1. The lowest BCUT2D eigenvalue weighted by atomic mass is 10.1. The molecular formula is C6H10N4O3. The second kappa shape index (κ2) is 4.54. The number of nitrogens with one attached hydrogen (secondary N) is 1. The molecule has 1 rings (SSSR count). The molecule has 2 N–H and O–H groups in total. The molecule has 0 aromatic heterocycles. The first-order chi connectivity index (χ1) is 6.27. The number of amides is 1. The van der Waals surface area contributed by atoms with Gasteiger partial charge in [-0.25, -0.2) is 4.79 Å². The van der Waals surface area contributed by atoms with Crippen LogP contribution in [0, 0.1) is 0 Å². The quantitative estimate of drug-likeness (QED) is 0.370. The molecule has 0 radical (unpaired) electrons. The lowest BCUT2D eigenvalue weighted by Crippen LogP contribution is -2.35. The topological polar surface area (TPSA) is 107 Å². The number of hydrogen-bond donors (Lipinski definition) is 2. The van der Waals surface area contributed by atoms with Gasteiger partial charge in [0.1, 0.15) is 6.10 Å². The molecule has 0 aliphatic carbocycles. The van der Waals surface area contributed by atoms with Crippen molar-refractivity contribution in [2.75, 3.05) is 13.2 Å². The minimum atomic E-state index is -0.537. The van der Waals surface area contributed by atoms with E-state index in [1.807, 2.05) is 0 Å². The molecule has 7 heteroatoms. The molecule has 7 nitrogen and oxygen atoms in total. The Labute approximate surface area is 74.3 Å². The summed E-state index contributed by atoms with van der Waals surface area (Å²) in [5.74, 6) is 0. The van der Waals surface area contributed by atoms with Gasteiger partial charge in [0.2, 0.25) is 0 Å². The first-order valence-electron chi connectivity index (χ1n) is 3.86. The van der Waals surface area contributed by atoms with E-state index in [0.717, 1.165) is 0 Å². The van der Waals surface area contributed by atoms with Crippen LogP contribution in [0.4, 0.5) is 4.79 Å². The number of rotatable bonds is 4. The zero-order valence-corrected chi connectivity index (χ0v) is 6.88. The summed E-state index contributed by atoms with van der Waals surface area (Å²) in [6, 6.07) is -0.388. The van der Waals surface area contributed by atoms with Crippen LogP contribution in [0.25, 0.3) is 10.4 Å². The number of azide groups is 1. The van der Waals surface area contributed by atoms with Gasteiger partial charge in [-0.2, -0.15) is 0 Å². The number of aliphatic hydroxyl groups excluding tert-OH is 1. The van der Waals surface area contributed by atoms with Gasteiger partial charge < -0.3 is 15.2 Å². The van der Waals surface area contributed by atoms with E-state index < -0.39 is 12.2 Å². The summed E-state index contributed by atoms with van der Waals surface area (Å²) in [5.41, 5.74) is 8.00. The molecule has 1 aliphatic heterocycles. The molecule has 0 saturated carbocycles. The second-order valence-electron chi connectivity index (χ2n) is 2.62. The van der Waals surface area contributed by atoms with Crippen molar-refractivity contribution >= 4 is 6.09 Å². The maximum Gasteiger partial charge on any atom is 0.407 e. The number of nitrogens with zero attached hydrogens (tertiary/aromatic N) is 3. The lowest BCUT2D eigenvalue weighted by Gasteiger charge is -2.12. The molecule has 1 saturated heterocycles. The van der Waals surface area contributed by atoms with Gasteiger partial charge in [-0.05, 0) is 12.0 Å². The average Bonchev–Trinajstić information content (AvgIpc) is 2.47. The molecule has 1 fully saturated rings. The van der Waals surface area contributed by atoms with Crippen LogP contribution in [-0.4, -0.2) is 36.5 Å². The van der Waals surface area contributed by atoms with Crippen LogP contribution in [-0.2, 0) is 4.74 Å². The highest BCUT2D eigenvalue weighted by molar-refractivity contribution is 5.70. The molecule has 1 aliphatic rings. The molecule has 1 heterocycles. The van der Waals surface area contributed by atoms with Crippen LogP contribution in [0.3, 0.4) is 0 Å². The van der Waals surface area contributed by atoms with E-state index in [4.69, 9.17) is 15.4 Å². The summed E-state index contributed by atoms with van der Waals surface area (Å²) in [6.07, 6.45) is -0.512. The molecule has 0 aromatic rings.